The Labute approximate surface area is 100 Å². The molecule has 96 valence electrons. The van der Waals surface area contributed by atoms with Crippen LogP contribution >= 0.6 is 0 Å². The summed E-state index contributed by atoms with van der Waals surface area (Å²) in [4.78, 5) is 2.37. The second kappa shape index (κ2) is 5.99. The van der Waals surface area contributed by atoms with Gasteiger partial charge in [-0.2, -0.15) is 0 Å². The van der Waals surface area contributed by atoms with Crippen LogP contribution in [0.15, 0.2) is 0 Å². The number of hydrogen-bond acceptors (Lipinski definition) is 3. The van der Waals surface area contributed by atoms with Gasteiger partial charge in [0.25, 0.3) is 0 Å². The summed E-state index contributed by atoms with van der Waals surface area (Å²) >= 11 is 0. The van der Waals surface area contributed by atoms with Gasteiger partial charge in [0.15, 0.2) is 0 Å². The molecule has 1 atom stereocenters. The normalized spacial score (nSPS) is 20.4. The maximum absolute atomic E-state index is 10.3. The summed E-state index contributed by atoms with van der Waals surface area (Å²) in [6.07, 6.45) is 2.76. The molecule has 0 aromatic carbocycles. The minimum atomic E-state index is -0.616. The van der Waals surface area contributed by atoms with E-state index < -0.39 is 5.60 Å². The Balaban J connectivity index is 2.29. The summed E-state index contributed by atoms with van der Waals surface area (Å²) in [5.41, 5.74) is -0.616. The number of aliphatic hydroxyl groups is 1. The van der Waals surface area contributed by atoms with Gasteiger partial charge in [-0.3, -0.25) is 0 Å². The van der Waals surface area contributed by atoms with Gasteiger partial charge in [-0.1, -0.05) is 20.8 Å². The molecule has 16 heavy (non-hydrogen) atoms. The summed E-state index contributed by atoms with van der Waals surface area (Å²) in [6.45, 7) is 12.0. The molecule has 3 nitrogen and oxygen atoms in total. The molecule has 0 spiro atoms. The zero-order valence-electron chi connectivity index (χ0n) is 11.3. The predicted octanol–water partition coefficient (Wildman–Crippen LogP) is 1.47. The van der Waals surface area contributed by atoms with Gasteiger partial charge in [0.05, 0.1) is 5.60 Å². The molecule has 0 amide bonds. The molecule has 0 saturated heterocycles. The molecule has 1 aliphatic rings. The van der Waals surface area contributed by atoms with Crippen molar-refractivity contribution in [3.8, 4) is 0 Å². The van der Waals surface area contributed by atoms with Gasteiger partial charge >= 0.3 is 0 Å². The highest BCUT2D eigenvalue weighted by molar-refractivity contribution is 4.84. The van der Waals surface area contributed by atoms with Crippen molar-refractivity contribution >= 4 is 0 Å². The first-order chi connectivity index (χ1) is 7.43. The van der Waals surface area contributed by atoms with Crippen molar-refractivity contribution in [1.82, 2.24) is 10.2 Å². The lowest BCUT2D eigenvalue weighted by Crippen LogP contribution is -2.49. The van der Waals surface area contributed by atoms with Gasteiger partial charge in [-0.15, -0.1) is 0 Å². The Morgan fingerprint density at radius 2 is 2.06 bits per heavy atom. The second-order valence-corrected chi connectivity index (χ2v) is 5.80. The van der Waals surface area contributed by atoms with E-state index >= 15 is 0 Å². The first-order valence-electron chi connectivity index (χ1n) is 6.61. The zero-order chi connectivity index (χ0) is 12.2. The van der Waals surface area contributed by atoms with Gasteiger partial charge in [0.1, 0.15) is 0 Å². The molecule has 0 bridgehead atoms. The molecule has 1 unspecified atom stereocenters. The van der Waals surface area contributed by atoms with Gasteiger partial charge in [-0.05, 0) is 32.2 Å². The fraction of sp³-hybridized carbons (Fsp3) is 1.00. The van der Waals surface area contributed by atoms with Crippen molar-refractivity contribution in [3.63, 3.8) is 0 Å². The molecule has 1 rings (SSSR count). The van der Waals surface area contributed by atoms with Gasteiger partial charge < -0.3 is 15.3 Å². The summed E-state index contributed by atoms with van der Waals surface area (Å²) in [7, 11) is 0. The van der Waals surface area contributed by atoms with Gasteiger partial charge in [0.2, 0.25) is 0 Å². The van der Waals surface area contributed by atoms with Crippen LogP contribution in [0.1, 0.15) is 40.5 Å². The van der Waals surface area contributed by atoms with Crippen LogP contribution in [0, 0.1) is 5.92 Å². The lowest BCUT2D eigenvalue weighted by molar-refractivity contribution is 0.0188. The standard InChI is InChI=1S/C13H28N2O/c1-5-15(8-12-6-7-12)10-13(4,16)9-14-11(2)3/h11-12,14,16H,5-10H2,1-4H3. The van der Waals surface area contributed by atoms with Crippen molar-refractivity contribution in [1.29, 1.82) is 0 Å². The summed E-state index contributed by atoms with van der Waals surface area (Å²) in [5.74, 6) is 0.897. The first-order valence-corrected chi connectivity index (χ1v) is 6.61. The molecule has 0 heterocycles. The molecule has 0 aromatic rings. The van der Waals surface area contributed by atoms with Crippen molar-refractivity contribution in [2.24, 2.45) is 5.92 Å². The van der Waals surface area contributed by atoms with Crippen LogP contribution in [-0.2, 0) is 0 Å². The Morgan fingerprint density at radius 1 is 1.44 bits per heavy atom. The smallest absolute Gasteiger partial charge is 0.0869 e. The number of nitrogens with one attached hydrogen (secondary N) is 1. The Kier molecular flexibility index (Phi) is 5.22. The Bertz CT molecular complexity index is 200. The van der Waals surface area contributed by atoms with Crippen LogP contribution in [0.2, 0.25) is 0 Å². The lowest BCUT2D eigenvalue weighted by Gasteiger charge is -2.31. The summed E-state index contributed by atoms with van der Waals surface area (Å²) < 4.78 is 0. The van der Waals surface area contributed by atoms with Crippen LogP contribution < -0.4 is 5.32 Å². The highest BCUT2D eigenvalue weighted by Crippen LogP contribution is 2.29. The van der Waals surface area contributed by atoms with E-state index in [2.05, 4.69) is 31.0 Å². The largest absolute Gasteiger partial charge is 0.388 e. The van der Waals surface area contributed by atoms with E-state index in [1.807, 2.05) is 6.92 Å². The molecule has 1 aliphatic carbocycles. The third-order valence-corrected chi connectivity index (χ3v) is 3.12. The van der Waals surface area contributed by atoms with E-state index in [-0.39, 0.29) is 0 Å². The fourth-order valence-corrected chi connectivity index (χ4v) is 1.93. The molecule has 3 heteroatoms. The highest BCUT2D eigenvalue weighted by Gasteiger charge is 2.28. The first kappa shape index (κ1) is 13.9. The molecule has 1 fully saturated rings. The van der Waals surface area contributed by atoms with E-state index in [1.54, 1.807) is 0 Å². The van der Waals surface area contributed by atoms with Crippen molar-refractivity contribution in [2.45, 2.75) is 52.2 Å². The number of likely N-dealkylation sites (N-methyl/N-ethyl adjacent to an activating group) is 1. The monoisotopic (exact) mass is 228 g/mol. The van der Waals surface area contributed by atoms with E-state index in [9.17, 15) is 5.11 Å². The summed E-state index contributed by atoms with van der Waals surface area (Å²) in [6, 6.07) is 0.435. The topological polar surface area (TPSA) is 35.5 Å². The fourth-order valence-electron chi connectivity index (χ4n) is 1.93. The molecule has 0 aromatic heterocycles. The highest BCUT2D eigenvalue weighted by atomic mass is 16.3. The Hall–Kier alpha value is -0.120. The van der Waals surface area contributed by atoms with Crippen LogP contribution in [0.25, 0.3) is 0 Å². The third-order valence-electron chi connectivity index (χ3n) is 3.12. The predicted molar refractivity (Wildman–Crippen MR) is 68.6 cm³/mol. The SMILES string of the molecule is CCN(CC1CC1)CC(C)(O)CNC(C)C. The average Bonchev–Trinajstić information content (AvgIpc) is 2.97. The number of hydrogen-bond donors (Lipinski definition) is 2. The van der Waals surface area contributed by atoms with E-state index in [0.29, 0.717) is 12.6 Å². The quantitative estimate of drug-likeness (QED) is 0.660. The van der Waals surface area contributed by atoms with Gasteiger partial charge in [0, 0.05) is 25.7 Å². The average molecular weight is 228 g/mol. The molecule has 1 saturated carbocycles. The van der Waals surface area contributed by atoms with Crippen molar-refractivity contribution in [3.05, 3.63) is 0 Å². The van der Waals surface area contributed by atoms with Crippen molar-refractivity contribution < 1.29 is 5.11 Å². The van der Waals surface area contributed by atoms with Crippen LogP contribution in [0.5, 0.6) is 0 Å². The minimum absolute atomic E-state index is 0.435. The summed E-state index contributed by atoms with van der Waals surface area (Å²) in [5, 5.41) is 13.6. The van der Waals surface area contributed by atoms with E-state index in [1.165, 1.54) is 12.8 Å². The molecular formula is C13H28N2O. The zero-order valence-corrected chi connectivity index (χ0v) is 11.3. The van der Waals surface area contributed by atoms with E-state index in [4.69, 9.17) is 0 Å². The van der Waals surface area contributed by atoms with Gasteiger partial charge in [-0.25, -0.2) is 0 Å². The minimum Gasteiger partial charge on any atom is -0.388 e. The van der Waals surface area contributed by atoms with E-state index in [0.717, 1.165) is 25.6 Å². The number of nitrogens with zero attached hydrogens (tertiary/aromatic N) is 1. The second-order valence-electron chi connectivity index (χ2n) is 5.80. The number of rotatable bonds is 8. The van der Waals surface area contributed by atoms with Crippen LogP contribution in [0.4, 0.5) is 0 Å². The van der Waals surface area contributed by atoms with Crippen molar-refractivity contribution in [2.75, 3.05) is 26.2 Å². The molecule has 0 aliphatic heterocycles. The molecule has 0 radical (unpaired) electrons. The maximum atomic E-state index is 10.3. The molecular weight excluding hydrogens is 200 g/mol. The lowest BCUT2D eigenvalue weighted by atomic mass is 10.1. The van der Waals surface area contributed by atoms with Crippen LogP contribution in [0.3, 0.4) is 0 Å². The maximum Gasteiger partial charge on any atom is 0.0869 e. The Morgan fingerprint density at radius 3 is 2.50 bits per heavy atom. The third kappa shape index (κ3) is 5.83. The molecule has 2 N–H and O–H groups in total. The van der Waals surface area contributed by atoms with Crippen LogP contribution in [-0.4, -0.2) is 47.8 Å².